The number of benzene rings is 1. The van der Waals surface area contributed by atoms with E-state index in [-0.39, 0.29) is 17.7 Å². The van der Waals surface area contributed by atoms with Gasteiger partial charge in [-0.25, -0.2) is 13.1 Å². The van der Waals surface area contributed by atoms with E-state index in [4.69, 9.17) is 9.52 Å². The van der Waals surface area contributed by atoms with Crippen LogP contribution in [0.5, 0.6) is 0 Å². The van der Waals surface area contributed by atoms with Crippen molar-refractivity contribution in [1.82, 2.24) is 4.72 Å². The van der Waals surface area contributed by atoms with E-state index in [0.29, 0.717) is 11.0 Å². The maximum absolute atomic E-state index is 12.5. The summed E-state index contributed by atoms with van der Waals surface area (Å²) in [4.78, 5) is 10.7. The molecule has 0 aliphatic rings. The van der Waals surface area contributed by atoms with E-state index in [1.165, 1.54) is 12.3 Å². The van der Waals surface area contributed by atoms with E-state index in [0.717, 1.165) is 0 Å². The number of carbonyl (C=O) groups is 1. The number of fused-ring (bicyclic) bond motifs is 1. The molecule has 2 rings (SSSR count). The summed E-state index contributed by atoms with van der Waals surface area (Å²) in [5.41, 5.74) is -0.578. The molecule has 0 saturated heterocycles. The zero-order chi connectivity index (χ0) is 15.7. The molecule has 0 saturated carbocycles. The third-order valence-corrected chi connectivity index (χ3v) is 4.83. The first-order valence-corrected chi connectivity index (χ1v) is 7.92. The first kappa shape index (κ1) is 15.5. The zero-order valence-electron chi connectivity index (χ0n) is 11.8. The third kappa shape index (κ3) is 3.62. The monoisotopic (exact) mass is 311 g/mol. The fourth-order valence-corrected chi connectivity index (χ4v) is 3.67. The standard InChI is InChI=1S/C14H17NO5S/c1-14(2,8-6-12(16)17)15-21(18,19)11-5-3-4-10-7-9-20-13(10)11/h3-5,7,9,15H,6,8H2,1-2H3,(H,16,17). The first-order chi connectivity index (χ1) is 9.71. The Bertz CT molecular complexity index is 761. The molecular formula is C14H17NO5S. The number of hydrogen-bond donors (Lipinski definition) is 2. The molecule has 7 heteroatoms. The SMILES string of the molecule is CC(C)(CCC(=O)O)NS(=O)(=O)c1cccc2ccoc12. The van der Waals surface area contributed by atoms with E-state index in [2.05, 4.69) is 4.72 Å². The Hall–Kier alpha value is -1.86. The van der Waals surface area contributed by atoms with Gasteiger partial charge in [0, 0.05) is 17.3 Å². The lowest BCUT2D eigenvalue weighted by Gasteiger charge is -2.25. The summed E-state index contributed by atoms with van der Waals surface area (Å²) in [5, 5.41) is 9.41. The van der Waals surface area contributed by atoms with Crippen molar-refractivity contribution in [3.8, 4) is 0 Å². The van der Waals surface area contributed by atoms with E-state index >= 15 is 0 Å². The molecule has 0 fully saturated rings. The highest BCUT2D eigenvalue weighted by Gasteiger charge is 2.28. The van der Waals surface area contributed by atoms with Gasteiger partial charge in [0.2, 0.25) is 10.0 Å². The maximum Gasteiger partial charge on any atom is 0.303 e. The highest BCUT2D eigenvalue weighted by molar-refractivity contribution is 7.89. The fraction of sp³-hybridized carbons (Fsp3) is 0.357. The molecule has 0 atom stereocenters. The summed E-state index contributed by atoms with van der Waals surface area (Å²) in [7, 11) is -3.80. The number of carboxylic acids is 1. The first-order valence-electron chi connectivity index (χ1n) is 6.43. The van der Waals surface area contributed by atoms with Crippen LogP contribution < -0.4 is 4.72 Å². The molecule has 0 unspecified atom stereocenters. The predicted octanol–water partition coefficient (Wildman–Crippen LogP) is 2.35. The summed E-state index contributed by atoms with van der Waals surface area (Å²) in [6.07, 6.45) is 1.51. The number of hydrogen-bond acceptors (Lipinski definition) is 4. The van der Waals surface area contributed by atoms with Gasteiger partial charge in [-0.3, -0.25) is 4.79 Å². The van der Waals surface area contributed by atoms with Gasteiger partial charge in [0.05, 0.1) is 6.26 Å². The molecule has 6 nitrogen and oxygen atoms in total. The normalized spacial score (nSPS) is 12.7. The van der Waals surface area contributed by atoms with Gasteiger partial charge >= 0.3 is 5.97 Å². The third-order valence-electron chi connectivity index (χ3n) is 3.11. The van der Waals surface area contributed by atoms with E-state index in [9.17, 15) is 13.2 Å². The molecule has 1 aromatic carbocycles. The lowest BCUT2D eigenvalue weighted by atomic mass is 10.0. The quantitative estimate of drug-likeness (QED) is 0.853. The molecule has 1 heterocycles. The van der Waals surface area contributed by atoms with Gasteiger partial charge in [0.15, 0.2) is 5.58 Å². The number of para-hydroxylation sites is 1. The fourth-order valence-electron chi connectivity index (χ4n) is 2.07. The highest BCUT2D eigenvalue weighted by Crippen LogP contribution is 2.25. The molecule has 0 aliphatic heterocycles. The van der Waals surface area contributed by atoms with Crippen molar-refractivity contribution in [2.24, 2.45) is 0 Å². The Morgan fingerprint density at radius 1 is 1.33 bits per heavy atom. The van der Waals surface area contributed by atoms with Crippen molar-refractivity contribution in [3.05, 3.63) is 30.5 Å². The Labute approximate surface area is 122 Å². The molecule has 2 N–H and O–H groups in total. The van der Waals surface area contributed by atoms with E-state index in [1.807, 2.05) is 0 Å². The Kier molecular flexibility index (Phi) is 4.06. The number of rotatable bonds is 6. The van der Waals surface area contributed by atoms with E-state index < -0.39 is 21.5 Å². The van der Waals surface area contributed by atoms with Gasteiger partial charge in [-0.2, -0.15) is 0 Å². The lowest BCUT2D eigenvalue weighted by molar-refractivity contribution is -0.137. The van der Waals surface area contributed by atoms with Crippen LogP contribution >= 0.6 is 0 Å². The topological polar surface area (TPSA) is 96.6 Å². The predicted molar refractivity (Wildman–Crippen MR) is 77.5 cm³/mol. The Balaban J connectivity index is 2.30. The molecular weight excluding hydrogens is 294 g/mol. The summed E-state index contributed by atoms with van der Waals surface area (Å²) < 4.78 is 32.7. The van der Waals surface area contributed by atoms with Gasteiger partial charge in [0.1, 0.15) is 4.90 Å². The molecule has 0 amide bonds. The highest BCUT2D eigenvalue weighted by atomic mass is 32.2. The minimum atomic E-state index is -3.80. The average molecular weight is 311 g/mol. The van der Waals surface area contributed by atoms with Crippen molar-refractivity contribution in [2.45, 2.75) is 37.1 Å². The van der Waals surface area contributed by atoms with Crippen LogP contribution in [0.25, 0.3) is 11.0 Å². The molecule has 21 heavy (non-hydrogen) atoms. The largest absolute Gasteiger partial charge is 0.481 e. The number of aliphatic carboxylic acids is 1. The smallest absolute Gasteiger partial charge is 0.303 e. The van der Waals surface area contributed by atoms with Gasteiger partial charge in [-0.15, -0.1) is 0 Å². The van der Waals surface area contributed by atoms with Crippen molar-refractivity contribution >= 4 is 27.0 Å². The van der Waals surface area contributed by atoms with Crippen LogP contribution in [0.1, 0.15) is 26.7 Å². The molecule has 0 radical (unpaired) electrons. The minimum Gasteiger partial charge on any atom is -0.481 e. The van der Waals surface area contributed by atoms with Crippen LogP contribution in [0.2, 0.25) is 0 Å². The van der Waals surface area contributed by atoms with Gasteiger partial charge in [0.25, 0.3) is 0 Å². The summed E-state index contributed by atoms with van der Waals surface area (Å²) in [6, 6.07) is 6.54. The number of carboxylic acid groups (broad SMARTS) is 1. The summed E-state index contributed by atoms with van der Waals surface area (Å²) in [5.74, 6) is -0.963. The van der Waals surface area contributed by atoms with Crippen molar-refractivity contribution in [2.75, 3.05) is 0 Å². The molecule has 0 aliphatic carbocycles. The van der Waals surface area contributed by atoms with Crippen LogP contribution in [0.4, 0.5) is 0 Å². The maximum atomic E-state index is 12.5. The molecule has 1 aromatic heterocycles. The average Bonchev–Trinajstić information content (AvgIpc) is 2.83. The molecule has 0 spiro atoms. The van der Waals surface area contributed by atoms with E-state index in [1.54, 1.807) is 32.0 Å². The second-order valence-electron chi connectivity index (χ2n) is 5.48. The minimum absolute atomic E-state index is 0.0494. The molecule has 0 bridgehead atoms. The van der Waals surface area contributed by atoms with Crippen molar-refractivity contribution < 1.29 is 22.7 Å². The van der Waals surface area contributed by atoms with Gasteiger partial charge in [-0.05, 0) is 32.4 Å². The summed E-state index contributed by atoms with van der Waals surface area (Å²) in [6.45, 7) is 3.30. The van der Waals surface area contributed by atoms with Crippen LogP contribution in [0.15, 0.2) is 39.8 Å². The van der Waals surface area contributed by atoms with Crippen LogP contribution in [-0.2, 0) is 14.8 Å². The van der Waals surface area contributed by atoms with Crippen LogP contribution in [0.3, 0.4) is 0 Å². The van der Waals surface area contributed by atoms with Gasteiger partial charge in [-0.1, -0.05) is 12.1 Å². The summed E-state index contributed by atoms with van der Waals surface area (Å²) >= 11 is 0. The number of sulfonamides is 1. The number of nitrogens with one attached hydrogen (secondary N) is 1. The second-order valence-corrected chi connectivity index (χ2v) is 7.13. The van der Waals surface area contributed by atoms with Crippen molar-refractivity contribution in [1.29, 1.82) is 0 Å². The zero-order valence-corrected chi connectivity index (χ0v) is 12.6. The Morgan fingerprint density at radius 3 is 2.71 bits per heavy atom. The molecule has 2 aromatic rings. The van der Waals surface area contributed by atoms with Crippen LogP contribution in [0, 0.1) is 0 Å². The van der Waals surface area contributed by atoms with Crippen molar-refractivity contribution in [3.63, 3.8) is 0 Å². The number of furan rings is 1. The van der Waals surface area contributed by atoms with Crippen LogP contribution in [-0.4, -0.2) is 25.0 Å². The lowest BCUT2D eigenvalue weighted by Crippen LogP contribution is -2.43. The van der Waals surface area contributed by atoms with Gasteiger partial charge < -0.3 is 9.52 Å². The second kappa shape index (κ2) is 5.50. The molecule has 114 valence electrons. The Morgan fingerprint density at radius 2 is 2.05 bits per heavy atom.